The summed E-state index contributed by atoms with van der Waals surface area (Å²) in [5.74, 6) is 2.30. The maximum Gasteiger partial charge on any atom is 0.0249 e. The first-order chi connectivity index (χ1) is 8.52. The van der Waals surface area contributed by atoms with E-state index in [4.69, 9.17) is 0 Å². The Bertz CT molecular complexity index is 258. The second kappa shape index (κ2) is 6.15. The van der Waals surface area contributed by atoms with Crippen LogP contribution in [0.15, 0.2) is 0 Å². The van der Waals surface area contributed by atoms with Gasteiger partial charge in [-0.1, -0.05) is 20.8 Å². The van der Waals surface area contributed by atoms with Gasteiger partial charge < -0.3 is 5.32 Å². The average Bonchev–Trinajstić information content (AvgIpc) is 3.12. The molecular weight excluding hydrogens is 240 g/mol. The van der Waals surface area contributed by atoms with Crippen LogP contribution in [0.1, 0.15) is 40.0 Å². The molecular formula is C15H30N2S. The van der Waals surface area contributed by atoms with Gasteiger partial charge in [0.15, 0.2) is 0 Å². The van der Waals surface area contributed by atoms with E-state index in [-0.39, 0.29) is 0 Å². The van der Waals surface area contributed by atoms with Crippen LogP contribution in [0.25, 0.3) is 0 Å². The van der Waals surface area contributed by atoms with Gasteiger partial charge in [0.2, 0.25) is 0 Å². The zero-order chi connectivity index (χ0) is 13.2. The Kier molecular flexibility index (Phi) is 5.01. The summed E-state index contributed by atoms with van der Waals surface area (Å²) >= 11 is 1.98. The molecule has 1 heterocycles. The Balaban J connectivity index is 1.90. The smallest absolute Gasteiger partial charge is 0.0249 e. The fourth-order valence-electron chi connectivity index (χ4n) is 3.02. The van der Waals surface area contributed by atoms with E-state index in [1.807, 2.05) is 11.8 Å². The monoisotopic (exact) mass is 270 g/mol. The topological polar surface area (TPSA) is 15.3 Å². The van der Waals surface area contributed by atoms with E-state index in [2.05, 4.69) is 37.2 Å². The number of piperazine rings is 1. The van der Waals surface area contributed by atoms with Crippen molar-refractivity contribution in [1.29, 1.82) is 0 Å². The van der Waals surface area contributed by atoms with Crippen molar-refractivity contribution < 1.29 is 0 Å². The molecule has 2 aliphatic rings. The molecule has 2 fully saturated rings. The zero-order valence-corrected chi connectivity index (χ0v) is 13.4. The van der Waals surface area contributed by atoms with Crippen molar-refractivity contribution in [3.8, 4) is 0 Å². The molecule has 1 saturated carbocycles. The van der Waals surface area contributed by atoms with Crippen LogP contribution in [0.3, 0.4) is 0 Å². The molecule has 0 amide bonds. The fraction of sp³-hybridized carbons (Fsp3) is 1.00. The summed E-state index contributed by atoms with van der Waals surface area (Å²) < 4.78 is 0. The average molecular weight is 270 g/mol. The summed E-state index contributed by atoms with van der Waals surface area (Å²) in [4.78, 5) is 2.79. The molecule has 106 valence electrons. The lowest BCUT2D eigenvalue weighted by molar-refractivity contribution is 0.0754. The third kappa shape index (κ3) is 3.88. The van der Waals surface area contributed by atoms with Gasteiger partial charge >= 0.3 is 0 Å². The minimum Gasteiger partial charge on any atom is -0.311 e. The van der Waals surface area contributed by atoms with Gasteiger partial charge in [0.1, 0.15) is 0 Å². The third-order valence-corrected chi connectivity index (χ3v) is 5.16. The second-order valence-electron chi connectivity index (χ2n) is 7.07. The van der Waals surface area contributed by atoms with Crippen LogP contribution < -0.4 is 5.32 Å². The predicted molar refractivity (Wildman–Crippen MR) is 82.3 cm³/mol. The van der Waals surface area contributed by atoms with E-state index in [0.29, 0.717) is 11.5 Å². The van der Waals surface area contributed by atoms with Gasteiger partial charge in [0.05, 0.1) is 0 Å². The molecule has 0 aromatic carbocycles. The van der Waals surface area contributed by atoms with Crippen LogP contribution in [-0.2, 0) is 0 Å². The molecule has 2 atom stereocenters. The van der Waals surface area contributed by atoms with Crippen LogP contribution in [0.2, 0.25) is 0 Å². The minimum absolute atomic E-state index is 0.381. The van der Waals surface area contributed by atoms with Gasteiger partial charge in [-0.25, -0.2) is 0 Å². The molecule has 0 bridgehead atoms. The fourth-order valence-corrected chi connectivity index (χ4v) is 3.44. The molecule has 2 nitrogen and oxygen atoms in total. The number of thioether (sulfide) groups is 1. The highest BCUT2D eigenvalue weighted by Crippen LogP contribution is 2.37. The first-order valence-electron chi connectivity index (χ1n) is 7.48. The quantitative estimate of drug-likeness (QED) is 0.773. The second-order valence-corrected chi connectivity index (χ2v) is 8.06. The summed E-state index contributed by atoms with van der Waals surface area (Å²) in [6.07, 6.45) is 6.49. The molecule has 0 spiro atoms. The van der Waals surface area contributed by atoms with Crippen molar-refractivity contribution in [2.45, 2.75) is 52.1 Å². The van der Waals surface area contributed by atoms with E-state index in [9.17, 15) is 0 Å². The molecule has 0 aromatic heterocycles. The Morgan fingerprint density at radius 2 is 2.00 bits per heavy atom. The van der Waals surface area contributed by atoms with E-state index < -0.39 is 0 Å². The lowest BCUT2D eigenvalue weighted by atomic mass is 9.84. The molecule has 3 heteroatoms. The van der Waals surface area contributed by atoms with Crippen LogP contribution in [-0.4, -0.2) is 48.6 Å². The van der Waals surface area contributed by atoms with Crippen molar-refractivity contribution in [1.82, 2.24) is 10.2 Å². The van der Waals surface area contributed by atoms with E-state index in [0.717, 1.165) is 12.0 Å². The molecule has 0 aromatic rings. The van der Waals surface area contributed by atoms with Gasteiger partial charge in [-0.15, -0.1) is 0 Å². The number of rotatable bonds is 5. The Hall–Kier alpha value is 0.270. The normalized spacial score (nSPS) is 30.7. The summed E-state index contributed by atoms with van der Waals surface area (Å²) in [6.45, 7) is 10.9. The molecule has 1 N–H and O–H groups in total. The SMILES string of the molecule is CSCCCN1CC(C(C)(C)C)NCC1C1CC1. The Labute approximate surface area is 117 Å². The van der Waals surface area contributed by atoms with Gasteiger partial charge in [0.25, 0.3) is 0 Å². The van der Waals surface area contributed by atoms with Crippen LogP contribution >= 0.6 is 11.8 Å². The highest BCUT2D eigenvalue weighted by atomic mass is 32.2. The van der Waals surface area contributed by atoms with Gasteiger partial charge in [0, 0.05) is 25.2 Å². The minimum atomic E-state index is 0.381. The number of hydrogen-bond donors (Lipinski definition) is 1. The first-order valence-corrected chi connectivity index (χ1v) is 8.88. The molecule has 18 heavy (non-hydrogen) atoms. The van der Waals surface area contributed by atoms with E-state index in [1.54, 1.807) is 0 Å². The molecule has 1 saturated heterocycles. The third-order valence-electron chi connectivity index (χ3n) is 4.46. The standard InChI is InChI=1S/C15H30N2S/c1-15(2,3)14-11-17(8-5-9-18-4)13(10-16-14)12-6-7-12/h12-14,16H,5-11H2,1-4H3. The Morgan fingerprint density at radius 3 is 2.56 bits per heavy atom. The number of nitrogens with one attached hydrogen (secondary N) is 1. The van der Waals surface area contributed by atoms with Gasteiger partial charge in [-0.05, 0) is 49.1 Å². The largest absolute Gasteiger partial charge is 0.311 e. The first kappa shape index (κ1) is 14.7. The maximum atomic E-state index is 3.80. The van der Waals surface area contributed by atoms with Crippen molar-refractivity contribution >= 4 is 11.8 Å². The van der Waals surface area contributed by atoms with Crippen LogP contribution in [0.4, 0.5) is 0 Å². The van der Waals surface area contributed by atoms with Gasteiger partial charge in [-0.3, -0.25) is 4.90 Å². The lowest BCUT2D eigenvalue weighted by Crippen LogP contribution is -2.61. The maximum absolute atomic E-state index is 3.80. The number of hydrogen-bond acceptors (Lipinski definition) is 3. The summed E-state index contributed by atoms with van der Waals surface area (Å²) in [5, 5.41) is 3.80. The zero-order valence-electron chi connectivity index (χ0n) is 12.5. The highest BCUT2D eigenvalue weighted by molar-refractivity contribution is 7.98. The molecule has 2 rings (SSSR count). The van der Waals surface area contributed by atoms with Crippen molar-refractivity contribution in [2.75, 3.05) is 31.6 Å². The van der Waals surface area contributed by atoms with Crippen molar-refractivity contribution in [3.05, 3.63) is 0 Å². The van der Waals surface area contributed by atoms with Crippen LogP contribution in [0, 0.1) is 11.3 Å². The molecule has 2 unspecified atom stereocenters. The Morgan fingerprint density at radius 1 is 1.28 bits per heavy atom. The lowest BCUT2D eigenvalue weighted by Gasteiger charge is -2.45. The molecule has 0 radical (unpaired) electrons. The van der Waals surface area contributed by atoms with Crippen molar-refractivity contribution in [2.24, 2.45) is 11.3 Å². The van der Waals surface area contributed by atoms with E-state index in [1.165, 1.54) is 44.6 Å². The highest BCUT2D eigenvalue weighted by Gasteiger charge is 2.40. The van der Waals surface area contributed by atoms with E-state index >= 15 is 0 Å². The summed E-state index contributed by atoms with van der Waals surface area (Å²) in [5.41, 5.74) is 0.381. The summed E-state index contributed by atoms with van der Waals surface area (Å²) in [6, 6.07) is 1.48. The van der Waals surface area contributed by atoms with Crippen LogP contribution in [0.5, 0.6) is 0 Å². The molecule has 1 aliphatic carbocycles. The van der Waals surface area contributed by atoms with Gasteiger partial charge in [-0.2, -0.15) is 11.8 Å². The molecule has 1 aliphatic heterocycles. The predicted octanol–water partition coefficient (Wildman–Crippen LogP) is 2.84. The van der Waals surface area contributed by atoms with Crippen molar-refractivity contribution in [3.63, 3.8) is 0 Å². The number of nitrogens with zero attached hydrogens (tertiary/aromatic N) is 1. The summed E-state index contributed by atoms with van der Waals surface area (Å²) in [7, 11) is 0.